The van der Waals surface area contributed by atoms with Crippen molar-refractivity contribution in [1.82, 2.24) is 0 Å². The molecule has 0 unspecified atom stereocenters. The van der Waals surface area contributed by atoms with Gasteiger partial charge in [-0.1, -0.05) is 65.2 Å². The van der Waals surface area contributed by atoms with Crippen molar-refractivity contribution >= 4 is 14.6 Å². The summed E-state index contributed by atoms with van der Waals surface area (Å²) in [4.78, 5) is 10.3. The van der Waals surface area contributed by atoms with E-state index in [9.17, 15) is 4.79 Å². The van der Waals surface area contributed by atoms with Gasteiger partial charge in [0.25, 0.3) is 0 Å². The second-order valence-corrected chi connectivity index (χ2v) is 11.6. The predicted octanol–water partition coefficient (Wildman–Crippen LogP) is 5.15. The molecule has 0 aromatic carbocycles. The number of hydrogen-bond acceptors (Lipinski definition) is 2. The molecule has 0 fully saturated rings. The van der Waals surface area contributed by atoms with Crippen LogP contribution in [-0.4, -0.2) is 20.7 Å². The van der Waals surface area contributed by atoms with Gasteiger partial charge in [-0.25, -0.2) is 0 Å². The summed E-state index contributed by atoms with van der Waals surface area (Å²) in [6.07, 6.45) is 13.0. The van der Waals surface area contributed by atoms with E-state index in [0.29, 0.717) is 0 Å². The third kappa shape index (κ3) is 23.0. The molecule has 27 heavy (non-hydrogen) atoms. The van der Waals surface area contributed by atoms with Crippen molar-refractivity contribution in [1.29, 1.82) is 0 Å². The van der Waals surface area contributed by atoms with Crippen LogP contribution >= 0.6 is 0 Å². The van der Waals surface area contributed by atoms with Crippen molar-refractivity contribution in [2.45, 2.75) is 77.6 Å². The molecule has 5 nitrogen and oxygen atoms in total. The van der Waals surface area contributed by atoms with Gasteiger partial charge in [0.2, 0.25) is 0 Å². The Morgan fingerprint density at radius 1 is 0.963 bits per heavy atom. The molecule has 154 valence electrons. The standard InChI is InChI=1S/C17H32O2Si.3CO.Fe/c1-7-8-10-13-16(14-11-9-12-15-18)19-20(5,6)17(2,3)4;3*1-2;/h9,11-12,14-16H,7-8,10,13H2,1-6H3;;;;/b12-9+,14-11+;;;;/t16-;;;;/m0..../s1. The second-order valence-electron chi connectivity index (χ2n) is 6.82. The summed E-state index contributed by atoms with van der Waals surface area (Å²) in [6, 6.07) is 0. The maximum absolute atomic E-state index is 10.3. The van der Waals surface area contributed by atoms with E-state index in [1.807, 2.05) is 6.08 Å². The average molecular weight is 436 g/mol. The van der Waals surface area contributed by atoms with E-state index in [1.54, 1.807) is 6.08 Å². The summed E-state index contributed by atoms with van der Waals surface area (Å²) in [5, 5.41) is 0.225. The minimum atomic E-state index is -1.74. The summed E-state index contributed by atoms with van der Waals surface area (Å²) in [5.74, 6) is 0. The van der Waals surface area contributed by atoms with Crippen LogP contribution in [-0.2, 0) is 40.2 Å². The van der Waals surface area contributed by atoms with E-state index in [-0.39, 0.29) is 28.2 Å². The van der Waals surface area contributed by atoms with E-state index >= 15 is 0 Å². The summed E-state index contributed by atoms with van der Waals surface area (Å²) in [5.41, 5.74) is 0. The first kappa shape index (κ1) is 36.9. The van der Waals surface area contributed by atoms with Gasteiger partial charge in [0.05, 0.1) is 6.10 Å². The van der Waals surface area contributed by atoms with E-state index < -0.39 is 8.32 Å². The maximum atomic E-state index is 10.3. The number of allylic oxidation sites excluding steroid dienone is 3. The molecule has 0 heterocycles. The van der Waals surface area contributed by atoms with Crippen molar-refractivity contribution in [3.8, 4) is 0 Å². The van der Waals surface area contributed by atoms with Crippen LogP contribution in [0, 0.1) is 20.0 Å². The Kier molecular flexibility index (Phi) is 34.3. The Balaban J connectivity index is -0.000000208. The fourth-order valence-electron chi connectivity index (χ4n) is 1.64. The molecule has 0 spiro atoms. The molecular weight excluding hydrogens is 404 g/mol. The fraction of sp³-hybridized carbons (Fsp3) is 0.600. The summed E-state index contributed by atoms with van der Waals surface area (Å²) < 4.78 is 29.0. The number of carbonyl (C=O) groups is 1. The first-order valence-electron chi connectivity index (χ1n) is 8.32. The maximum Gasteiger partial charge on any atom is 0 e. The Morgan fingerprint density at radius 2 is 1.44 bits per heavy atom. The van der Waals surface area contributed by atoms with Crippen molar-refractivity contribution in [3.05, 3.63) is 44.3 Å². The summed E-state index contributed by atoms with van der Waals surface area (Å²) >= 11 is 0. The molecule has 0 saturated heterocycles. The minimum absolute atomic E-state index is 0. The van der Waals surface area contributed by atoms with Crippen molar-refractivity contribution in [2.24, 2.45) is 0 Å². The molecule has 0 amide bonds. The van der Waals surface area contributed by atoms with Crippen LogP contribution in [0.3, 0.4) is 0 Å². The van der Waals surface area contributed by atoms with E-state index in [2.05, 4.69) is 66.8 Å². The molecule has 0 N–H and O–H groups in total. The molecule has 0 bridgehead atoms. The Bertz CT molecular complexity index is 431. The van der Waals surface area contributed by atoms with Crippen LogP contribution in [0.4, 0.5) is 0 Å². The van der Waals surface area contributed by atoms with Crippen LogP contribution in [0.15, 0.2) is 24.3 Å². The van der Waals surface area contributed by atoms with Crippen LogP contribution in [0.5, 0.6) is 0 Å². The molecule has 0 aromatic heterocycles. The van der Waals surface area contributed by atoms with Crippen molar-refractivity contribution in [2.75, 3.05) is 0 Å². The van der Waals surface area contributed by atoms with Gasteiger partial charge >= 0.3 is 33.9 Å². The van der Waals surface area contributed by atoms with Gasteiger partial charge in [-0.05, 0) is 30.6 Å². The minimum Gasteiger partial charge on any atom is 0 e. The van der Waals surface area contributed by atoms with Gasteiger partial charge < -0.3 is 4.43 Å². The first-order valence-corrected chi connectivity index (χ1v) is 11.2. The molecule has 0 aromatic rings. The summed E-state index contributed by atoms with van der Waals surface area (Å²) in [6.45, 7) is 27.1. The molecule has 0 radical (unpaired) electrons. The van der Waals surface area contributed by atoms with Gasteiger partial charge in [-0.3, -0.25) is 4.79 Å². The van der Waals surface area contributed by atoms with Gasteiger partial charge in [-0.2, -0.15) is 0 Å². The fourth-order valence-corrected chi connectivity index (χ4v) is 2.95. The molecule has 1 atom stereocenters. The van der Waals surface area contributed by atoms with E-state index in [4.69, 9.17) is 18.4 Å². The number of rotatable bonds is 9. The number of hydrogen-bond donors (Lipinski definition) is 0. The summed E-state index contributed by atoms with van der Waals surface area (Å²) in [7, 11) is -1.74. The quantitative estimate of drug-likeness (QED) is 0.0952. The zero-order valence-electron chi connectivity index (χ0n) is 17.2. The molecule has 0 saturated carbocycles. The zero-order chi connectivity index (χ0) is 21.6. The van der Waals surface area contributed by atoms with Crippen LogP contribution in [0.2, 0.25) is 18.1 Å². The van der Waals surface area contributed by atoms with Crippen molar-refractivity contribution < 1.29 is 40.2 Å². The SMILES string of the molecule is CCCCC[C@@H](/C=C/C=C/C=O)O[Si](C)(C)C(C)(C)C.[C-]#[O+].[C-]#[O+].[C-]#[O+].[Fe]. The Hall–Kier alpha value is -0.934. The molecule has 0 rings (SSSR count). The number of aldehydes is 1. The van der Waals surface area contributed by atoms with E-state index in [1.165, 1.54) is 25.3 Å². The Labute approximate surface area is 176 Å². The Morgan fingerprint density at radius 3 is 1.81 bits per heavy atom. The predicted molar refractivity (Wildman–Crippen MR) is 102 cm³/mol. The molecular formula is C20H32FeO5Si. The van der Waals surface area contributed by atoms with E-state index in [0.717, 1.165) is 12.7 Å². The normalized spacial score (nSPS) is 11.4. The van der Waals surface area contributed by atoms with Gasteiger partial charge in [-0.15, -0.1) is 0 Å². The van der Waals surface area contributed by atoms with Gasteiger partial charge in [0, 0.05) is 17.1 Å². The second kappa shape index (κ2) is 25.1. The van der Waals surface area contributed by atoms with Crippen LogP contribution in [0.1, 0.15) is 53.4 Å². The number of carbonyl (C=O) groups excluding carboxylic acids is 1. The topological polar surface area (TPSA) is 86.0 Å². The molecule has 7 heteroatoms. The zero-order valence-corrected chi connectivity index (χ0v) is 19.3. The molecule has 0 aliphatic rings. The largest absolute Gasteiger partial charge is 0 e. The van der Waals surface area contributed by atoms with Crippen LogP contribution < -0.4 is 0 Å². The van der Waals surface area contributed by atoms with Gasteiger partial charge in [0.15, 0.2) is 8.32 Å². The average Bonchev–Trinajstić information content (AvgIpc) is 2.62. The molecule has 0 aliphatic heterocycles. The molecule has 0 aliphatic carbocycles. The third-order valence-corrected chi connectivity index (χ3v) is 8.48. The van der Waals surface area contributed by atoms with Crippen molar-refractivity contribution in [3.63, 3.8) is 0 Å². The monoisotopic (exact) mass is 436 g/mol. The van der Waals surface area contributed by atoms with Crippen LogP contribution in [0.25, 0.3) is 0 Å². The van der Waals surface area contributed by atoms with Gasteiger partial charge in [0.1, 0.15) is 6.29 Å². The smallest absolute Gasteiger partial charge is 0 e. The number of unbranched alkanes of at least 4 members (excludes halogenated alkanes) is 2. The third-order valence-electron chi connectivity index (χ3n) is 3.97. The first-order chi connectivity index (χ1) is 12.2.